The maximum absolute atomic E-state index is 9.80. The summed E-state index contributed by atoms with van der Waals surface area (Å²) in [5, 5.41) is 25.8. The highest BCUT2D eigenvalue weighted by Crippen LogP contribution is 2.44. The maximum Gasteiger partial charge on any atom is 0.243 e. The number of rotatable bonds is 4. The number of aromatic nitrogens is 2. The minimum atomic E-state index is -0.722. The third-order valence-corrected chi connectivity index (χ3v) is 5.75. The number of nitriles is 1. The first-order valence-corrected chi connectivity index (χ1v) is 9.96. The van der Waals surface area contributed by atoms with Crippen molar-refractivity contribution in [1.29, 1.82) is 10.7 Å². The van der Waals surface area contributed by atoms with E-state index in [1.54, 1.807) is 12.1 Å². The Morgan fingerprint density at radius 1 is 1.20 bits per heavy atom. The number of hydrogen-bond donors (Lipinski definition) is 2. The van der Waals surface area contributed by atoms with Gasteiger partial charge in [0.15, 0.2) is 0 Å². The topological polar surface area (TPSA) is 94.8 Å². The van der Waals surface area contributed by atoms with Gasteiger partial charge in [-0.1, -0.05) is 23.7 Å². The van der Waals surface area contributed by atoms with E-state index in [4.69, 9.17) is 26.5 Å². The maximum atomic E-state index is 9.80. The first kappa shape index (κ1) is 20.0. The molecule has 1 aliphatic heterocycles. The second kappa shape index (κ2) is 7.85. The number of hydrogen-bond acceptors (Lipinski definition) is 5. The Hall–Kier alpha value is -3.30. The molecule has 0 saturated carbocycles. The summed E-state index contributed by atoms with van der Waals surface area (Å²) < 4.78 is 11.5. The minimum absolute atomic E-state index is 0.0829. The van der Waals surface area contributed by atoms with Crippen LogP contribution in [0, 0.1) is 43.4 Å². The van der Waals surface area contributed by atoms with E-state index in [0.29, 0.717) is 17.5 Å². The Morgan fingerprint density at radius 2 is 1.93 bits per heavy atom. The van der Waals surface area contributed by atoms with E-state index >= 15 is 0 Å². The molecule has 7 heteroatoms. The third-order valence-electron chi connectivity index (χ3n) is 5.50. The fourth-order valence-electron chi connectivity index (χ4n) is 3.91. The van der Waals surface area contributed by atoms with Gasteiger partial charge in [-0.25, -0.2) is 0 Å². The molecule has 0 radical (unpaired) electrons. The average molecular weight is 421 g/mol. The van der Waals surface area contributed by atoms with Gasteiger partial charge in [-0.2, -0.15) is 5.26 Å². The van der Waals surface area contributed by atoms with Crippen LogP contribution >= 0.6 is 11.6 Å². The molecule has 2 atom stereocenters. The summed E-state index contributed by atoms with van der Waals surface area (Å²) in [5.41, 5.74) is 5.80. The summed E-state index contributed by atoms with van der Waals surface area (Å²) in [7, 11) is 0. The minimum Gasteiger partial charge on any atom is -0.489 e. The van der Waals surface area contributed by atoms with Gasteiger partial charge in [0.25, 0.3) is 0 Å². The van der Waals surface area contributed by atoms with Gasteiger partial charge in [0, 0.05) is 22.2 Å². The van der Waals surface area contributed by atoms with Crippen LogP contribution in [-0.4, -0.2) is 16.1 Å². The summed E-state index contributed by atoms with van der Waals surface area (Å²) in [4.78, 5) is 0. The van der Waals surface area contributed by atoms with Crippen LogP contribution in [-0.2, 0) is 6.61 Å². The standard InChI is InChI=1S/C23H21ClN4O2/c1-12-8-13(2)18(9-15(12)11-29-17-6-4-16(24)5-7-17)21-19(10-25)22(26)30-23-20(21)14(3)27-28-23/h4-9,19,21,26H,11H2,1-3H3,(H,27,28). The van der Waals surface area contributed by atoms with Crippen molar-refractivity contribution in [1.82, 2.24) is 10.2 Å². The van der Waals surface area contributed by atoms with Crippen LogP contribution in [0.25, 0.3) is 0 Å². The number of benzene rings is 2. The lowest BCUT2D eigenvalue weighted by Gasteiger charge is -2.29. The van der Waals surface area contributed by atoms with Crippen molar-refractivity contribution in [3.63, 3.8) is 0 Å². The molecule has 6 nitrogen and oxygen atoms in total. The fourth-order valence-corrected chi connectivity index (χ4v) is 4.04. The third kappa shape index (κ3) is 3.53. The first-order chi connectivity index (χ1) is 14.4. The predicted octanol–water partition coefficient (Wildman–Crippen LogP) is 5.21. The second-order valence-corrected chi connectivity index (χ2v) is 7.93. The molecule has 2 heterocycles. The number of ether oxygens (including phenoxy) is 2. The van der Waals surface area contributed by atoms with Gasteiger partial charge in [0.05, 0.1) is 6.07 Å². The molecule has 30 heavy (non-hydrogen) atoms. The van der Waals surface area contributed by atoms with E-state index in [9.17, 15) is 5.26 Å². The Kier molecular flexibility index (Phi) is 5.23. The molecule has 0 bridgehead atoms. The number of halogens is 1. The van der Waals surface area contributed by atoms with E-state index in [-0.39, 0.29) is 11.8 Å². The molecular formula is C23H21ClN4O2. The summed E-state index contributed by atoms with van der Waals surface area (Å²) in [6, 6.07) is 13.7. The van der Waals surface area contributed by atoms with Gasteiger partial charge in [-0.15, -0.1) is 5.10 Å². The number of nitrogens with one attached hydrogen (secondary N) is 2. The van der Waals surface area contributed by atoms with Crippen molar-refractivity contribution in [3.8, 4) is 17.7 Å². The largest absolute Gasteiger partial charge is 0.489 e. The molecule has 1 aliphatic rings. The average Bonchev–Trinajstić information content (AvgIpc) is 3.08. The van der Waals surface area contributed by atoms with Crippen LogP contribution < -0.4 is 9.47 Å². The molecular weight excluding hydrogens is 400 g/mol. The van der Waals surface area contributed by atoms with Crippen LogP contribution in [0.3, 0.4) is 0 Å². The number of H-pyrrole nitrogens is 1. The molecule has 152 valence electrons. The van der Waals surface area contributed by atoms with Gasteiger partial charge >= 0.3 is 0 Å². The number of nitrogens with zero attached hydrogens (tertiary/aromatic N) is 2. The molecule has 1 aromatic heterocycles. The molecule has 0 aliphatic carbocycles. The SMILES string of the molecule is Cc1cc(C)c(C2c3c(n[nH]c3C)OC(=N)C2C#N)cc1COc1ccc(Cl)cc1. The lowest BCUT2D eigenvalue weighted by atomic mass is 9.77. The van der Waals surface area contributed by atoms with Crippen LogP contribution in [0.2, 0.25) is 5.02 Å². The lowest BCUT2D eigenvalue weighted by Crippen LogP contribution is -2.31. The van der Waals surface area contributed by atoms with E-state index in [1.807, 2.05) is 32.9 Å². The molecule has 2 unspecified atom stereocenters. The molecule has 0 amide bonds. The lowest BCUT2D eigenvalue weighted by molar-refractivity contribution is 0.305. The van der Waals surface area contributed by atoms with Crippen LogP contribution in [0.4, 0.5) is 0 Å². The van der Waals surface area contributed by atoms with E-state index in [2.05, 4.69) is 28.4 Å². The predicted molar refractivity (Wildman–Crippen MR) is 114 cm³/mol. The normalized spacial score (nSPS) is 17.8. The molecule has 0 spiro atoms. The van der Waals surface area contributed by atoms with Crippen molar-refractivity contribution >= 4 is 17.5 Å². The van der Waals surface area contributed by atoms with Gasteiger partial charge in [-0.05, 0) is 67.3 Å². The van der Waals surface area contributed by atoms with Gasteiger partial charge in [-0.3, -0.25) is 10.5 Å². The Labute approximate surface area is 179 Å². The molecule has 4 rings (SSSR count). The van der Waals surface area contributed by atoms with E-state index in [0.717, 1.165) is 39.3 Å². The summed E-state index contributed by atoms with van der Waals surface area (Å²) in [6.07, 6.45) is 0. The van der Waals surface area contributed by atoms with Crippen molar-refractivity contribution < 1.29 is 9.47 Å². The number of fused-ring (bicyclic) bond motifs is 1. The molecule has 0 saturated heterocycles. The summed E-state index contributed by atoms with van der Waals surface area (Å²) in [5.74, 6) is -0.0369. The van der Waals surface area contributed by atoms with Crippen molar-refractivity contribution in [2.45, 2.75) is 33.3 Å². The zero-order valence-corrected chi connectivity index (χ0v) is 17.7. The van der Waals surface area contributed by atoms with Crippen molar-refractivity contribution in [3.05, 3.63) is 74.9 Å². The van der Waals surface area contributed by atoms with Crippen LogP contribution in [0.15, 0.2) is 36.4 Å². The number of aryl methyl sites for hydroxylation is 3. The van der Waals surface area contributed by atoms with E-state index < -0.39 is 5.92 Å². The zero-order chi connectivity index (χ0) is 21.4. The monoisotopic (exact) mass is 420 g/mol. The molecule has 3 aromatic rings. The van der Waals surface area contributed by atoms with Gasteiger partial charge < -0.3 is 9.47 Å². The Balaban J connectivity index is 1.74. The fraction of sp³-hybridized carbons (Fsp3) is 0.261. The second-order valence-electron chi connectivity index (χ2n) is 7.50. The highest BCUT2D eigenvalue weighted by molar-refractivity contribution is 6.30. The van der Waals surface area contributed by atoms with E-state index in [1.165, 1.54) is 0 Å². The number of aromatic amines is 1. The smallest absolute Gasteiger partial charge is 0.243 e. The summed E-state index contributed by atoms with van der Waals surface area (Å²) >= 11 is 5.95. The van der Waals surface area contributed by atoms with Crippen LogP contribution in [0.1, 0.15) is 39.4 Å². The molecule has 0 fully saturated rings. The van der Waals surface area contributed by atoms with Gasteiger partial charge in [0.1, 0.15) is 18.3 Å². The Morgan fingerprint density at radius 3 is 2.63 bits per heavy atom. The molecule has 2 aromatic carbocycles. The quantitative estimate of drug-likeness (QED) is 0.605. The summed E-state index contributed by atoms with van der Waals surface area (Å²) in [6.45, 7) is 6.35. The molecule has 2 N–H and O–H groups in total. The van der Waals surface area contributed by atoms with Crippen LogP contribution in [0.5, 0.6) is 11.6 Å². The first-order valence-electron chi connectivity index (χ1n) is 9.58. The van der Waals surface area contributed by atoms with Crippen molar-refractivity contribution in [2.75, 3.05) is 0 Å². The van der Waals surface area contributed by atoms with Gasteiger partial charge in [0.2, 0.25) is 11.8 Å². The zero-order valence-electron chi connectivity index (χ0n) is 16.9. The Bertz CT molecular complexity index is 1160. The highest BCUT2D eigenvalue weighted by Gasteiger charge is 2.40. The van der Waals surface area contributed by atoms with Crippen molar-refractivity contribution in [2.24, 2.45) is 5.92 Å². The highest BCUT2D eigenvalue weighted by atomic mass is 35.5.